The van der Waals surface area contributed by atoms with Crippen molar-refractivity contribution in [1.29, 1.82) is 0 Å². The maximum Gasteiger partial charge on any atom is 0.0366 e. The molecule has 0 aliphatic heterocycles. The van der Waals surface area contributed by atoms with Crippen LogP contribution in [0.1, 0.15) is 13.8 Å². The summed E-state index contributed by atoms with van der Waals surface area (Å²) in [6, 6.07) is 0. The summed E-state index contributed by atoms with van der Waals surface area (Å²) in [4.78, 5) is 4.37. The topological polar surface area (TPSA) is 30.0 Å². The summed E-state index contributed by atoms with van der Waals surface area (Å²) in [6.45, 7) is 9.58. The van der Waals surface area contributed by atoms with Gasteiger partial charge in [-0.05, 0) is 27.2 Å². The zero-order valence-corrected chi connectivity index (χ0v) is 10.0. The third-order valence-corrected chi connectivity index (χ3v) is 2.56. The molecule has 0 aromatic carbocycles. The van der Waals surface area contributed by atoms with E-state index >= 15 is 0 Å². The first-order chi connectivity index (χ1) is 6.60. The molecular weight excluding hydrogens is 178 g/mol. The molecule has 0 rings (SSSR count). The van der Waals surface area contributed by atoms with Gasteiger partial charge in [-0.2, -0.15) is 5.06 Å². The summed E-state index contributed by atoms with van der Waals surface area (Å²) in [7, 11) is 4.12. The Morgan fingerprint density at radius 3 is 1.43 bits per heavy atom. The van der Waals surface area contributed by atoms with Gasteiger partial charge in [0.2, 0.25) is 0 Å². The van der Waals surface area contributed by atoms with Gasteiger partial charge in [-0.25, -0.2) is 0 Å². The number of hydrogen-bond donors (Lipinski definition) is 1. The molecule has 0 aromatic heterocycles. The number of hydroxylamine groups is 2. The Morgan fingerprint density at radius 2 is 1.14 bits per heavy atom. The predicted molar refractivity (Wildman–Crippen MR) is 59.7 cm³/mol. The fraction of sp³-hybridized carbons (Fsp3) is 1.00. The molecule has 0 atom stereocenters. The minimum atomic E-state index is 0.724. The van der Waals surface area contributed by atoms with Crippen LogP contribution in [0.3, 0.4) is 0 Å². The highest BCUT2D eigenvalue weighted by Crippen LogP contribution is 1.88. The predicted octanol–water partition coefficient (Wildman–Crippen LogP) is 0.581. The summed E-state index contributed by atoms with van der Waals surface area (Å²) in [5.41, 5.74) is 0. The minimum absolute atomic E-state index is 0.724. The average Bonchev–Trinajstić information content (AvgIpc) is 2.22. The number of nitrogens with zero attached hydrogens (tertiary/aromatic N) is 3. The van der Waals surface area contributed by atoms with Gasteiger partial charge in [-0.3, -0.25) is 0 Å². The van der Waals surface area contributed by atoms with Crippen molar-refractivity contribution in [1.82, 2.24) is 14.9 Å². The molecule has 0 saturated heterocycles. The van der Waals surface area contributed by atoms with Crippen molar-refractivity contribution in [3.8, 4) is 0 Å². The van der Waals surface area contributed by atoms with Crippen LogP contribution in [0.15, 0.2) is 0 Å². The van der Waals surface area contributed by atoms with E-state index in [0.29, 0.717) is 0 Å². The molecule has 0 amide bonds. The maximum atomic E-state index is 9.52. The smallest absolute Gasteiger partial charge is 0.0366 e. The van der Waals surface area contributed by atoms with Crippen LogP contribution in [-0.2, 0) is 0 Å². The molecule has 14 heavy (non-hydrogen) atoms. The molecule has 0 aliphatic rings. The fourth-order valence-electron chi connectivity index (χ4n) is 1.00. The second kappa shape index (κ2) is 8.17. The van der Waals surface area contributed by atoms with Gasteiger partial charge in [0.05, 0.1) is 0 Å². The summed E-state index contributed by atoms with van der Waals surface area (Å²) in [6.07, 6.45) is 0. The van der Waals surface area contributed by atoms with Crippen molar-refractivity contribution in [3.05, 3.63) is 0 Å². The molecule has 0 radical (unpaired) electrons. The van der Waals surface area contributed by atoms with E-state index in [0.717, 1.165) is 39.3 Å². The lowest BCUT2D eigenvalue weighted by molar-refractivity contribution is -0.0965. The zero-order valence-electron chi connectivity index (χ0n) is 10.0. The second-order valence-electron chi connectivity index (χ2n) is 3.75. The van der Waals surface area contributed by atoms with Gasteiger partial charge < -0.3 is 15.0 Å². The van der Waals surface area contributed by atoms with E-state index < -0.39 is 0 Å². The number of likely N-dealkylation sites (N-methyl/N-ethyl adjacent to an activating group) is 2. The highest BCUT2D eigenvalue weighted by atomic mass is 16.5. The molecule has 0 aliphatic carbocycles. The van der Waals surface area contributed by atoms with Crippen molar-refractivity contribution in [2.24, 2.45) is 0 Å². The summed E-state index contributed by atoms with van der Waals surface area (Å²) in [5, 5.41) is 10.9. The van der Waals surface area contributed by atoms with Crippen LogP contribution in [0.4, 0.5) is 0 Å². The third kappa shape index (κ3) is 7.26. The van der Waals surface area contributed by atoms with E-state index in [9.17, 15) is 5.21 Å². The first kappa shape index (κ1) is 13.8. The molecule has 86 valence electrons. The van der Waals surface area contributed by atoms with Crippen LogP contribution >= 0.6 is 0 Å². The number of rotatable bonds is 8. The van der Waals surface area contributed by atoms with Crippen LogP contribution < -0.4 is 0 Å². The molecule has 4 nitrogen and oxygen atoms in total. The van der Waals surface area contributed by atoms with Crippen LogP contribution in [-0.4, -0.2) is 73.4 Å². The highest BCUT2D eigenvalue weighted by molar-refractivity contribution is 4.54. The van der Waals surface area contributed by atoms with Gasteiger partial charge in [0.15, 0.2) is 0 Å². The molecular formula is C10H25N3O. The molecule has 0 unspecified atom stereocenters. The SMILES string of the molecule is CCN(C)CCN(O)CCN(C)CC. The van der Waals surface area contributed by atoms with Gasteiger partial charge in [0, 0.05) is 26.2 Å². The van der Waals surface area contributed by atoms with E-state index in [1.54, 1.807) is 0 Å². The van der Waals surface area contributed by atoms with E-state index in [1.807, 2.05) is 0 Å². The van der Waals surface area contributed by atoms with E-state index in [1.165, 1.54) is 5.06 Å². The lowest BCUT2D eigenvalue weighted by Crippen LogP contribution is -2.36. The van der Waals surface area contributed by atoms with Crippen LogP contribution in [0.25, 0.3) is 0 Å². The van der Waals surface area contributed by atoms with Crippen molar-refractivity contribution in [2.45, 2.75) is 13.8 Å². The Hall–Kier alpha value is -0.160. The van der Waals surface area contributed by atoms with E-state index in [4.69, 9.17) is 0 Å². The Balaban J connectivity index is 3.40. The summed E-state index contributed by atoms with van der Waals surface area (Å²) < 4.78 is 0. The quantitative estimate of drug-likeness (QED) is 0.585. The van der Waals surface area contributed by atoms with Crippen LogP contribution in [0.2, 0.25) is 0 Å². The Bertz CT molecular complexity index is 119. The van der Waals surface area contributed by atoms with Crippen molar-refractivity contribution >= 4 is 0 Å². The Kier molecular flexibility index (Phi) is 8.08. The van der Waals surface area contributed by atoms with Crippen molar-refractivity contribution in [3.63, 3.8) is 0 Å². The standard InChI is InChI=1S/C10H25N3O/c1-5-11(3)7-9-13(14)10-8-12(4)6-2/h14H,5-10H2,1-4H3. The molecule has 0 aromatic rings. The lowest BCUT2D eigenvalue weighted by atomic mass is 10.4. The van der Waals surface area contributed by atoms with Crippen molar-refractivity contribution < 1.29 is 5.21 Å². The molecule has 0 saturated carbocycles. The minimum Gasteiger partial charge on any atom is -0.314 e. The first-order valence-corrected chi connectivity index (χ1v) is 5.41. The Morgan fingerprint density at radius 1 is 0.786 bits per heavy atom. The van der Waals surface area contributed by atoms with Gasteiger partial charge in [0.25, 0.3) is 0 Å². The normalized spacial score (nSPS) is 12.0. The highest BCUT2D eigenvalue weighted by Gasteiger charge is 2.03. The maximum absolute atomic E-state index is 9.52. The zero-order chi connectivity index (χ0) is 11.0. The molecule has 1 N–H and O–H groups in total. The van der Waals surface area contributed by atoms with Gasteiger partial charge >= 0.3 is 0 Å². The van der Waals surface area contributed by atoms with E-state index in [2.05, 4.69) is 37.7 Å². The van der Waals surface area contributed by atoms with Gasteiger partial charge in [-0.1, -0.05) is 13.8 Å². The molecule has 0 heterocycles. The molecule has 0 fully saturated rings. The van der Waals surface area contributed by atoms with E-state index in [-0.39, 0.29) is 0 Å². The summed E-state index contributed by atoms with van der Waals surface area (Å²) in [5.74, 6) is 0. The molecule has 4 heteroatoms. The van der Waals surface area contributed by atoms with Gasteiger partial charge in [0.1, 0.15) is 0 Å². The Labute approximate surface area is 88.1 Å². The average molecular weight is 203 g/mol. The monoisotopic (exact) mass is 203 g/mol. The number of hydrogen-bond acceptors (Lipinski definition) is 4. The summed E-state index contributed by atoms with van der Waals surface area (Å²) >= 11 is 0. The van der Waals surface area contributed by atoms with Crippen LogP contribution in [0, 0.1) is 0 Å². The largest absolute Gasteiger partial charge is 0.314 e. The van der Waals surface area contributed by atoms with Crippen LogP contribution in [0.5, 0.6) is 0 Å². The lowest BCUT2D eigenvalue weighted by Gasteiger charge is -2.21. The van der Waals surface area contributed by atoms with Gasteiger partial charge in [-0.15, -0.1) is 0 Å². The first-order valence-electron chi connectivity index (χ1n) is 5.41. The molecule has 0 spiro atoms. The fourth-order valence-corrected chi connectivity index (χ4v) is 1.00. The molecule has 0 bridgehead atoms. The third-order valence-electron chi connectivity index (χ3n) is 2.56. The second-order valence-corrected chi connectivity index (χ2v) is 3.75. The van der Waals surface area contributed by atoms with Crippen molar-refractivity contribution in [2.75, 3.05) is 53.4 Å².